The van der Waals surface area contributed by atoms with Gasteiger partial charge in [0.1, 0.15) is 15.2 Å². The molecule has 0 bridgehead atoms. The quantitative estimate of drug-likeness (QED) is 0.824. The molecule has 0 aliphatic heterocycles. The Morgan fingerprint density at radius 1 is 1.44 bits per heavy atom. The Balaban J connectivity index is 3.04. The maximum atomic E-state index is 12.3. The summed E-state index contributed by atoms with van der Waals surface area (Å²) in [6.07, 6.45) is 0. The van der Waals surface area contributed by atoms with E-state index < -0.39 is 10.0 Å². The number of hydrogen-bond acceptors (Lipinski definition) is 5. The maximum Gasteiger partial charge on any atom is 0.252 e. The first-order valence-corrected chi connectivity index (χ1v) is 7.61. The fourth-order valence-corrected chi connectivity index (χ4v) is 4.19. The zero-order chi connectivity index (χ0) is 13.8. The molecule has 0 radical (unpaired) electrons. The average molecular weight is 283 g/mol. The van der Waals surface area contributed by atoms with Crippen molar-refractivity contribution >= 4 is 21.4 Å². The molecule has 18 heavy (non-hydrogen) atoms. The summed E-state index contributed by atoms with van der Waals surface area (Å²) in [5.74, 6) is -0.366. The average Bonchev–Trinajstić information content (AvgIpc) is 2.84. The second kappa shape index (κ2) is 5.96. The first-order valence-electron chi connectivity index (χ1n) is 5.35. The lowest BCUT2D eigenvalue weighted by molar-refractivity contribution is 0.401. The van der Waals surface area contributed by atoms with E-state index in [1.54, 1.807) is 13.8 Å². The Morgan fingerprint density at radius 3 is 2.56 bits per heavy atom. The number of sulfonamides is 1. The van der Waals surface area contributed by atoms with Crippen molar-refractivity contribution in [3.05, 3.63) is 17.0 Å². The van der Waals surface area contributed by atoms with Crippen molar-refractivity contribution in [2.45, 2.75) is 18.1 Å². The SMILES string of the molecule is CCN(CC(C)C#N)S(=O)(=O)c1ccc(C#N)s1. The van der Waals surface area contributed by atoms with Gasteiger partial charge in [-0.15, -0.1) is 11.3 Å². The number of nitriles is 2. The number of rotatable bonds is 5. The van der Waals surface area contributed by atoms with Gasteiger partial charge in [-0.05, 0) is 19.1 Å². The van der Waals surface area contributed by atoms with Gasteiger partial charge in [-0.1, -0.05) is 6.92 Å². The summed E-state index contributed by atoms with van der Waals surface area (Å²) < 4.78 is 25.9. The van der Waals surface area contributed by atoms with Crippen molar-refractivity contribution in [3.8, 4) is 12.1 Å². The summed E-state index contributed by atoms with van der Waals surface area (Å²) in [7, 11) is -3.60. The van der Waals surface area contributed by atoms with Crippen LogP contribution < -0.4 is 0 Å². The standard InChI is InChI=1S/C11H13N3O2S2/c1-3-14(8-9(2)6-12)18(15,16)11-5-4-10(7-13)17-11/h4-5,9H,3,8H2,1-2H3. The van der Waals surface area contributed by atoms with Crippen LogP contribution in [-0.4, -0.2) is 25.8 Å². The van der Waals surface area contributed by atoms with Crippen molar-refractivity contribution < 1.29 is 8.42 Å². The Hall–Kier alpha value is -1.41. The van der Waals surface area contributed by atoms with Crippen LogP contribution in [-0.2, 0) is 10.0 Å². The smallest absolute Gasteiger partial charge is 0.206 e. The van der Waals surface area contributed by atoms with E-state index in [0.29, 0.717) is 11.4 Å². The highest BCUT2D eigenvalue weighted by Crippen LogP contribution is 2.24. The molecule has 5 nitrogen and oxygen atoms in total. The van der Waals surface area contributed by atoms with E-state index >= 15 is 0 Å². The van der Waals surface area contributed by atoms with E-state index in [9.17, 15) is 8.42 Å². The second-order valence-electron chi connectivity index (χ2n) is 3.72. The third-order valence-corrected chi connectivity index (χ3v) is 5.73. The Kier molecular flexibility index (Phi) is 4.85. The summed E-state index contributed by atoms with van der Waals surface area (Å²) in [5, 5.41) is 17.5. The molecule has 7 heteroatoms. The van der Waals surface area contributed by atoms with Crippen LogP contribution in [0.4, 0.5) is 0 Å². The molecule has 1 rings (SSSR count). The summed E-state index contributed by atoms with van der Waals surface area (Å²) in [4.78, 5) is 0.359. The number of nitrogens with zero attached hydrogens (tertiary/aromatic N) is 3. The van der Waals surface area contributed by atoms with Crippen molar-refractivity contribution in [3.63, 3.8) is 0 Å². The molecule has 1 aromatic heterocycles. The van der Waals surface area contributed by atoms with Gasteiger partial charge in [-0.2, -0.15) is 14.8 Å². The molecule has 0 aromatic carbocycles. The van der Waals surface area contributed by atoms with Gasteiger partial charge in [0, 0.05) is 13.1 Å². The summed E-state index contributed by atoms with van der Waals surface area (Å²) in [6.45, 7) is 3.86. The van der Waals surface area contributed by atoms with Crippen LogP contribution in [0, 0.1) is 28.6 Å². The monoisotopic (exact) mass is 283 g/mol. The van der Waals surface area contributed by atoms with Crippen LogP contribution in [0.5, 0.6) is 0 Å². The molecule has 0 spiro atoms. The fraction of sp³-hybridized carbons (Fsp3) is 0.455. The van der Waals surface area contributed by atoms with Gasteiger partial charge in [-0.25, -0.2) is 8.42 Å². The highest BCUT2D eigenvalue weighted by molar-refractivity contribution is 7.91. The van der Waals surface area contributed by atoms with Crippen molar-refractivity contribution in [1.82, 2.24) is 4.31 Å². The fourth-order valence-electron chi connectivity index (χ4n) is 1.39. The van der Waals surface area contributed by atoms with Crippen LogP contribution in [0.25, 0.3) is 0 Å². The molecule has 0 saturated heterocycles. The minimum atomic E-state index is -3.60. The Morgan fingerprint density at radius 2 is 2.11 bits per heavy atom. The highest BCUT2D eigenvalue weighted by Gasteiger charge is 2.26. The van der Waals surface area contributed by atoms with Gasteiger partial charge in [0.15, 0.2) is 0 Å². The Labute approximate surface area is 111 Å². The highest BCUT2D eigenvalue weighted by atomic mass is 32.2. The molecule has 0 aliphatic carbocycles. The number of hydrogen-bond donors (Lipinski definition) is 0. The molecule has 1 aromatic rings. The zero-order valence-corrected chi connectivity index (χ0v) is 11.8. The largest absolute Gasteiger partial charge is 0.252 e. The zero-order valence-electron chi connectivity index (χ0n) is 10.1. The van der Waals surface area contributed by atoms with Gasteiger partial charge >= 0.3 is 0 Å². The van der Waals surface area contributed by atoms with Crippen LogP contribution in [0.1, 0.15) is 18.7 Å². The second-order valence-corrected chi connectivity index (χ2v) is 6.96. The molecular weight excluding hydrogens is 270 g/mol. The first kappa shape index (κ1) is 14.7. The summed E-state index contributed by atoms with van der Waals surface area (Å²) >= 11 is 0.945. The van der Waals surface area contributed by atoms with Gasteiger partial charge in [0.2, 0.25) is 0 Å². The molecule has 1 unspecified atom stereocenters. The predicted octanol–water partition coefficient (Wildman–Crippen LogP) is 1.79. The van der Waals surface area contributed by atoms with Gasteiger partial charge < -0.3 is 0 Å². The van der Waals surface area contributed by atoms with E-state index in [1.807, 2.05) is 12.1 Å². The molecule has 96 valence electrons. The first-order chi connectivity index (χ1) is 8.45. The lowest BCUT2D eigenvalue weighted by Crippen LogP contribution is -2.33. The van der Waals surface area contributed by atoms with Crippen LogP contribution in [0.3, 0.4) is 0 Å². The third kappa shape index (κ3) is 3.08. The minimum Gasteiger partial charge on any atom is -0.206 e. The summed E-state index contributed by atoms with van der Waals surface area (Å²) in [5.41, 5.74) is 0. The third-order valence-electron chi connectivity index (χ3n) is 2.34. The predicted molar refractivity (Wildman–Crippen MR) is 68.2 cm³/mol. The molecule has 0 fully saturated rings. The van der Waals surface area contributed by atoms with E-state index in [2.05, 4.69) is 0 Å². The maximum absolute atomic E-state index is 12.3. The molecular formula is C11H13N3O2S2. The molecule has 0 N–H and O–H groups in total. The Bertz CT molecular complexity index is 593. The van der Waals surface area contributed by atoms with E-state index in [4.69, 9.17) is 10.5 Å². The van der Waals surface area contributed by atoms with Crippen LogP contribution in [0.15, 0.2) is 16.3 Å². The van der Waals surface area contributed by atoms with Crippen LogP contribution >= 0.6 is 11.3 Å². The minimum absolute atomic E-state index is 0.144. The van der Waals surface area contributed by atoms with E-state index in [-0.39, 0.29) is 16.7 Å². The summed E-state index contributed by atoms with van der Waals surface area (Å²) in [6, 6.07) is 6.84. The molecule has 1 atom stereocenters. The van der Waals surface area contributed by atoms with Gasteiger partial charge in [-0.3, -0.25) is 0 Å². The van der Waals surface area contributed by atoms with Gasteiger partial charge in [0.05, 0.1) is 12.0 Å². The number of thiophene rings is 1. The lowest BCUT2D eigenvalue weighted by Gasteiger charge is -2.20. The topological polar surface area (TPSA) is 85.0 Å². The van der Waals surface area contributed by atoms with E-state index in [0.717, 1.165) is 11.3 Å². The van der Waals surface area contributed by atoms with Crippen molar-refractivity contribution in [2.24, 2.45) is 5.92 Å². The van der Waals surface area contributed by atoms with Gasteiger partial charge in [0.25, 0.3) is 10.0 Å². The molecule has 0 saturated carbocycles. The van der Waals surface area contributed by atoms with Crippen molar-refractivity contribution in [1.29, 1.82) is 10.5 Å². The van der Waals surface area contributed by atoms with Crippen LogP contribution in [0.2, 0.25) is 0 Å². The van der Waals surface area contributed by atoms with Crippen molar-refractivity contribution in [2.75, 3.05) is 13.1 Å². The lowest BCUT2D eigenvalue weighted by atomic mass is 10.2. The molecule has 1 heterocycles. The molecule has 0 aliphatic rings. The molecule has 0 amide bonds. The normalized spacial score (nSPS) is 12.9. The van der Waals surface area contributed by atoms with E-state index in [1.165, 1.54) is 16.4 Å².